The van der Waals surface area contributed by atoms with Crippen LogP contribution in [0, 0.1) is 23.2 Å². The number of H-pyrrole nitrogens is 1. The van der Waals surface area contributed by atoms with Gasteiger partial charge in [0.25, 0.3) is 11.8 Å². The van der Waals surface area contributed by atoms with Gasteiger partial charge >= 0.3 is 0 Å². The van der Waals surface area contributed by atoms with Crippen LogP contribution in [0.4, 0.5) is 5.69 Å². The van der Waals surface area contributed by atoms with E-state index in [2.05, 4.69) is 27.4 Å². The summed E-state index contributed by atoms with van der Waals surface area (Å²) < 4.78 is 0. The van der Waals surface area contributed by atoms with Gasteiger partial charge in [0.1, 0.15) is 0 Å². The number of likely N-dealkylation sites (N-methyl/N-ethyl adjacent to an activating group) is 1. The minimum Gasteiger partial charge on any atom is -0.369 e. The van der Waals surface area contributed by atoms with Gasteiger partial charge in [-0.2, -0.15) is 10.4 Å². The molecule has 0 radical (unpaired) electrons. The van der Waals surface area contributed by atoms with Crippen LogP contribution in [0.5, 0.6) is 0 Å². The van der Waals surface area contributed by atoms with E-state index in [4.69, 9.17) is 5.26 Å². The zero-order valence-electron chi connectivity index (χ0n) is 16.1. The number of aromatic amines is 1. The molecule has 30 heavy (non-hydrogen) atoms. The van der Waals surface area contributed by atoms with E-state index < -0.39 is 17.4 Å². The van der Waals surface area contributed by atoms with Gasteiger partial charge in [-0.3, -0.25) is 14.7 Å². The molecule has 1 aliphatic rings. The van der Waals surface area contributed by atoms with Gasteiger partial charge in [0.15, 0.2) is 5.69 Å². The molecule has 4 rings (SSSR count). The molecule has 148 valence electrons. The number of rotatable bonds is 2. The minimum absolute atomic E-state index is 0.208. The van der Waals surface area contributed by atoms with Crippen molar-refractivity contribution in [3.05, 3.63) is 59.3 Å². The Morgan fingerprint density at radius 1 is 1.30 bits per heavy atom. The van der Waals surface area contributed by atoms with Gasteiger partial charge < -0.3 is 15.3 Å². The number of aliphatic hydroxyl groups is 1. The first-order chi connectivity index (χ1) is 14.4. The van der Waals surface area contributed by atoms with Crippen LogP contribution in [-0.4, -0.2) is 51.2 Å². The SMILES string of the molecule is CN1CC[C@@](O)(C#Cc2cccc(NC(=O)c3n[nH]c4cc(C#N)ccc34)c2)C1=O. The molecule has 1 saturated heterocycles. The van der Waals surface area contributed by atoms with Crippen molar-refractivity contribution in [2.75, 3.05) is 18.9 Å². The normalized spacial score (nSPS) is 18.0. The number of nitrogens with zero attached hydrogens (tertiary/aromatic N) is 3. The van der Waals surface area contributed by atoms with Gasteiger partial charge in [-0.05, 0) is 36.4 Å². The van der Waals surface area contributed by atoms with Gasteiger partial charge in [0.2, 0.25) is 5.60 Å². The number of hydrogen-bond donors (Lipinski definition) is 3. The van der Waals surface area contributed by atoms with Crippen LogP contribution < -0.4 is 5.32 Å². The topological polar surface area (TPSA) is 122 Å². The maximum absolute atomic E-state index is 12.7. The number of carbonyl (C=O) groups is 2. The molecular formula is C22H17N5O3. The van der Waals surface area contributed by atoms with Crippen LogP contribution in [0.1, 0.15) is 28.0 Å². The van der Waals surface area contributed by atoms with Crippen LogP contribution in [0.2, 0.25) is 0 Å². The van der Waals surface area contributed by atoms with Crippen molar-refractivity contribution < 1.29 is 14.7 Å². The van der Waals surface area contributed by atoms with Gasteiger partial charge in [-0.15, -0.1) is 0 Å². The Hall–Kier alpha value is -4.14. The van der Waals surface area contributed by atoms with Crippen LogP contribution in [0.25, 0.3) is 10.9 Å². The number of hydrogen-bond acceptors (Lipinski definition) is 5. The van der Waals surface area contributed by atoms with Crippen LogP contribution in [-0.2, 0) is 4.79 Å². The number of aromatic nitrogens is 2. The summed E-state index contributed by atoms with van der Waals surface area (Å²) in [5.74, 6) is 4.65. The summed E-state index contributed by atoms with van der Waals surface area (Å²) in [6.45, 7) is 0.452. The summed E-state index contributed by atoms with van der Waals surface area (Å²) in [4.78, 5) is 26.1. The molecular weight excluding hydrogens is 382 g/mol. The number of likely N-dealkylation sites (tertiary alicyclic amines) is 1. The first-order valence-electron chi connectivity index (χ1n) is 9.20. The maximum atomic E-state index is 12.7. The largest absolute Gasteiger partial charge is 0.369 e. The standard InChI is InChI=1S/C22H17N5O3/c1-27-10-9-22(30,21(27)29)8-7-14-3-2-4-16(11-14)24-20(28)19-17-6-5-15(13-23)12-18(17)25-26-19/h2-6,11-12,30H,9-10H2,1H3,(H,24,28)(H,25,26)/t22-/m0/s1. The van der Waals surface area contributed by atoms with Crippen molar-refractivity contribution in [1.29, 1.82) is 5.26 Å². The van der Waals surface area contributed by atoms with E-state index >= 15 is 0 Å². The number of anilines is 1. The second-order valence-corrected chi connectivity index (χ2v) is 7.07. The number of benzene rings is 2. The molecule has 1 atom stereocenters. The highest BCUT2D eigenvalue weighted by Crippen LogP contribution is 2.22. The Morgan fingerprint density at radius 3 is 2.87 bits per heavy atom. The van der Waals surface area contributed by atoms with Crippen molar-refractivity contribution in [1.82, 2.24) is 15.1 Å². The Balaban J connectivity index is 1.54. The number of nitriles is 1. The van der Waals surface area contributed by atoms with Crippen LogP contribution >= 0.6 is 0 Å². The lowest BCUT2D eigenvalue weighted by molar-refractivity contribution is -0.137. The molecule has 3 N–H and O–H groups in total. The summed E-state index contributed by atoms with van der Waals surface area (Å²) in [6, 6.07) is 13.8. The molecule has 1 aromatic heterocycles. The maximum Gasteiger partial charge on any atom is 0.276 e. The monoisotopic (exact) mass is 399 g/mol. The highest BCUT2D eigenvalue weighted by Gasteiger charge is 2.42. The predicted molar refractivity (Wildman–Crippen MR) is 109 cm³/mol. The molecule has 1 aliphatic heterocycles. The van der Waals surface area contributed by atoms with E-state index in [1.54, 1.807) is 49.5 Å². The van der Waals surface area contributed by atoms with Gasteiger partial charge in [0, 0.05) is 36.7 Å². The van der Waals surface area contributed by atoms with Crippen molar-refractivity contribution in [3.63, 3.8) is 0 Å². The molecule has 8 heteroatoms. The van der Waals surface area contributed by atoms with Crippen molar-refractivity contribution in [2.24, 2.45) is 0 Å². The highest BCUT2D eigenvalue weighted by molar-refractivity contribution is 6.11. The van der Waals surface area contributed by atoms with Gasteiger partial charge in [-0.25, -0.2) is 0 Å². The predicted octanol–water partition coefficient (Wildman–Crippen LogP) is 1.63. The Labute approximate surface area is 172 Å². The Kier molecular flexibility index (Phi) is 4.71. The third kappa shape index (κ3) is 3.48. The van der Waals surface area contributed by atoms with E-state index in [1.807, 2.05) is 6.07 Å². The average Bonchev–Trinajstić information content (AvgIpc) is 3.29. The van der Waals surface area contributed by atoms with Gasteiger partial charge in [-0.1, -0.05) is 17.9 Å². The fourth-order valence-corrected chi connectivity index (χ4v) is 3.27. The smallest absolute Gasteiger partial charge is 0.276 e. The van der Waals surface area contributed by atoms with Crippen molar-refractivity contribution in [2.45, 2.75) is 12.0 Å². The van der Waals surface area contributed by atoms with Crippen molar-refractivity contribution in [3.8, 4) is 17.9 Å². The molecule has 0 unspecified atom stereocenters. The second-order valence-electron chi connectivity index (χ2n) is 7.07. The molecule has 2 heterocycles. The van der Waals surface area contributed by atoms with Crippen LogP contribution in [0.15, 0.2) is 42.5 Å². The lowest BCUT2D eigenvalue weighted by Gasteiger charge is -2.13. The molecule has 3 aromatic rings. The zero-order valence-corrected chi connectivity index (χ0v) is 16.1. The number of fused-ring (bicyclic) bond motifs is 1. The molecule has 2 aromatic carbocycles. The summed E-state index contributed by atoms with van der Waals surface area (Å²) in [5.41, 5.74) is 0.647. The number of amides is 2. The lowest BCUT2D eigenvalue weighted by Crippen LogP contribution is -2.37. The molecule has 8 nitrogen and oxygen atoms in total. The lowest BCUT2D eigenvalue weighted by atomic mass is 10.0. The summed E-state index contributed by atoms with van der Waals surface area (Å²) in [5, 5.41) is 29.6. The first-order valence-corrected chi connectivity index (χ1v) is 9.20. The summed E-state index contributed by atoms with van der Waals surface area (Å²) in [7, 11) is 1.62. The zero-order chi connectivity index (χ0) is 21.3. The van der Waals surface area contributed by atoms with E-state index in [9.17, 15) is 14.7 Å². The van der Waals surface area contributed by atoms with E-state index in [1.165, 1.54) is 4.90 Å². The average molecular weight is 399 g/mol. The first kappa shape index (κ1) is 19.2. The van der Waals surface area contributed by atoms with Gasteiger partial charge in [0.05, 0.1) is 17.1 Å². The Bertz CT molecular complexity index is 1280. The molecule has 1 fully saturated rings. The Morgan fingerprint density at radius 2 is 2.13 bits per heavy atom. The van der Waals surface area contributed by atoms with E-state index in [-0.39, 0.29) is 12.1 Å². The summed E-state index contributed by atoms with van der Waals surface area (Å²) >= 11 is 0. The van der Waals surface area contributed by atoms with E-state index in [0.717, 1.165) is 0 Å². The fourth-order valence-electron chi connectivity index (χ4n) is 3.27. The van der Waals surface area contributed by atoms with E-state index in [0.29, 0.717) is 34.3 Å². The molecule has 0 saturated carbocycles. The highest BCUT2D eigenvalue weighted by atomic mass is 16.3. The number of nitrogens with one attached hydrogen (secondary N) is 2. The third-order valence-corrected chi connectivity index (χ3v) is 4.95. The molecule has 0 bridgehead atoms. The summed E-state index contributed by atoms with van der Waals surface area (Å²) in [6.07, 6.45) is 0.255. The second kappa shape index (κ2) is 7.36. The number of carbonyl (C=O) groups excluding carboxylic acids is 2. The van der Waals surface area contributed by atoms with Crippen molar-refractivity contribution >= 4 is 28.4 Å². The molecule has 2 amide bonds. The fraction of sp³-hybridized carbons (Fsp3) is 0.182. The quantitative estimate of drug-likeness (QED) is 0.566. The third-order valence-electron chi connectivity index (χ3n) is 4.95. The molecule has 0 aliphatic carbocycles. The minimum atomic E-state index is -1.68. The van der Waals surface area contributed by atoms with Crippen LogP contribution in [0.3, 0.4) is 0 Å². The molecule has 0 spiro atoms.